The summed E-state index contributed by atoms with van der Waals surface area (Å²) in [6.45, 7) is -0.254. The van der Waals surface area contributed by atoms with Crippen LogP contribution in [0.3, 0.4) is 0 Å². The summed E-state index contributed by atoms with van der Waals surface area (Å²) in [6, 6.07) is 12.9. The summed E-state index contributed by atoms with van der Waals surface area (Å²) in [5.41, 5.74) is 4.48. The molecule has 0 radical (unpaired) electrons. The fourth-order valence-corrected chi connectivity index (χ4v) is 2.11. The summed E-state index contributed by atoms with van der Waals surface area (Å²) in [5.74, 6) is 0.163. The van der Waals surface area contributed by atoms with Crippen LogP contribution in [0.1, 0.15) is 5.56 Å². The van der Waals surface area contributed by atoms with Crippen molar-refractivity contribution in [3.8, 4) is 11.5 Å². The van der Waals surface area contributed by atoms with E-state index in [4.69, 9.17) is 21.1 Å². The van der Waals surface area contributed by atoms with Crippen LogP contribution < -0.4 is 14.9 Å². The molecule has 0 saturated heterocycles. The second-order valence-corrected chi connectivity index (χ2v) is 5.04. The Morgan fingerprint density at radius 3 is 2.67 bits per heavy atom. The third-order valence-corrected chi connectivity index (χ3v) is 3.28. The van der Waals surface area contributed by atoms with Crippen LogP contribution in [0.15, 0.2) is 47.6 Å². The number of rotatable bonds is 7. The summed E-state index contributed by atoms with van der Waals surface area (Å²) in [7, 11) is 2.77. The van der Waals surface area contributed by atoms with Gasteiger partial charge in [-0.3, -0.25) is 5.43 Å². The van der Waals surface area contributed by atoms with Crippen LogP contribution in [0.2, 0.25) is 5.02 Å². The number of anilines is 1. The number of para-hydroxylation sites is 1. The zero-order valence-corrected chi connectivity index (χ0v) is 14.0. The van der Waals surface area contributed by atoms with Crippen molar-refractivity contribution in [2.24, 2.45) is 5.10 Å². The molecule has 2 aromatic carbocycles. The van der Waals surface area contributed by atoms with E-state index < -0.39 is 5.97 Å². The molecule has 1 N–H and O–H groups in total. The first-order valence-electron chi connectivity index (χ1n) is 7.05. The number of hydrogen-bond acceptors (Lipinski definition) is 6. The summed E-state index contributed by atoms with van der Waals surface area (Å²) < 4.78 is 15.1. The lowest BCUT2D eigenvalue weighted by Gasteiger charge is -2.12. The van der Waals surface area contributed by atoms with E-state index in [1.165, 1.54) is 14.2 Å². The molecule has 2 aromatic rings. The fraction of sp³-hybridized carbons (Fsp3) is 0.176. The van der Waals surface area contributed by atoms with Crippen molar-refractivity contribution in [3.05, 3.63) is 53.1 Å². The summed E-state index contributed by atoms with van der Waals surface area (Å²) >= 11 is 6.20. The third-order valence-electron chi connectivity index (χ3n) is 2.99. The number of methoxy groups -OCH3 is 2. The first-order chi connectivity index (χ1) is 11.6. The molecular weight excluding hydrogens is 332 g/mol. The van der Waals surface area contributed by atoms with Gasteiger partial charge in [0, 0.05) is 0 Å². The number of benzene rings is 2. The van der Waals surface area contributed by atoms with E-state index in [-0.39, 0.29) is 12.4 Å². The Kier molecular flexibility index (Phi) is 6.45. The van der Waals surface area contributed by atoms with E-state index in [9.17, 15) is 4.79 Å². The molecule has 0 aliphatic heterocycles. The van der Waals surface area contributed by atoms with Gasteiger partial charge in [0.2, 0.25) is 0 Å². The van der Waals surface area contributed by atoms with Crippen LogP contribution in [-0.2, 0) is 9.53 Å². The van der Waals surface area contributed by atoms with Crippen molar-refractivity contribution < 1.29 is 19.0 Å². The maximum Gasteiger partial charge on any atom is 0.343 e. The molecule has 0 fully saturated rings. The molecule has 0 heterocycles. The molecule has 2 rings (SSSR count). The molecule has 0 atom stereocenters. The van der Waals surface area contributed by atoms with Gasteiger partial charge in [-0.25, -0.2) is 4.79 Å². The van der Waals surface area contributed by atoms with Gasteiger partial charge in [0.15, 0.2) is 18.1 Å². The Bertz CT molecular complexity index is 720. The summed E-state index contributed by atoms with van der Waals surface area (Å²) in [4.78, 5) is 11.2. The van der Waals surface area contributed by atoms with E-state index in [1.54, 1.807) is 18.3 Å². The molecule has 0 aromatic heterocycles. The van der Waals surface area contributed by atoms with Crippen LogP contribution >= 0.6 is 11.6 Å². The highest BCUT2D eigenvalue weighted by molar-refractivity contribution is 6.32. The minimum absolute atomic E-state index is 0.254. The molecule has 0 aliphatic carbocycles. The molecule has 0 aliphatic rings. The molecule has 24 heavy (non-hydrogen) atoms. The Morgan fingerprint density at radius 2 is 2.00 bits per heavy atom. The monoisotopic (exact) mass is 348 g/mol. The first kappa shape index (κ1) is 17.6. The Labute approximate surface area is 145 Å². The third kappa shape index (κ3) is 4.89. The number of hydrazone groups is 1. The van der Waals surface area contributed by atoms with E-state index in [2.05, 4.69) is 15.3 Å². The van der Waals surface area contributed by atoms with Gasteiger partial charge in [0.25, 0.3) is 0 Å². The van der Waals surface area contributed by atoms with E-state index in [0.717, 1.165) is 5.69 Å². The van der Waals surface area contributed by atoms with Crippen molar-refractivity contribution in [1.29, 1.82) is 0 Å². The van der Waals surface area contributed by atoms with Gasteiger partial charge in [-0.1, -0.05) is 29.8 Å². The van der Waals surface area contributed by atoms with Gasteiger partial charge in [-0.05, 0) is 29.8 Å². The molecule has 0 unspecified atom stereocenters. The SMILES string of the molecule is COC(=O)COc1c(Cl)cc(/C=N\Nc2ccccc2)cc1OC. The van der Waals surface area contributed by atoms with Gasteiger partial charge in [0.05, 0.1) is 31.1 Å². The number of carbonyl (C=O) groups is 1. The van der Waals surface area contributed by atoms with Crippen molar-refractivity contribution in [2.45, 2.75) is 0 Å². The van der Waals surface area contributed by atoms with Crippen molar-refractivity contribution >= 4 is 29.5 Å². The molecule has 0 amide bonds. The molecule has 126 valence electrons. The van der Waals surface area contributed by atoms with Crippen LogP contribution in [-0.4, -0.2) is 33.0 Å². The normalized spacial score (nSPS) is 10.5. The Morgan fingerprint density at radius 1 is 1.25 bits per heavy atom. The van der Waals surface area contributed by atoms with Crippen molar-refractivity contribution in [3.63, 3.8) is 0 Å². The number of nitrogens with one attached hydrogen (secondary N) is 1. The average molecular weight is 349 g/mol. The molecule has 6 nitrogen and oxygen atoms in total. The number of nitrogens with zero attached hydrogens (tertiary/aromatic N) is 1. The van der Waals surface area contributed by atoms with Crippen LogP contribution in [0, 0.1) is 0 Å². The van der Waals surface area contributed by atoms with Gasteiger partial charge in [-0.2, -0.15) is 5.10 Å². The highest BCUT2D eigenvalue weighted by Crippen LogP contribution is 2.36. The number of esters is 1. The van der Waals surface area contributed by atoms with Gasteiger partial charge < -0.3 is 14.2 Å². The van der Waals surface area contributed by atoms with Gasteiger partial charge in [-0.15, -0.1) is 0 Å². The van der Waals surface area contributed by atoms with E-state index in [1.807, 2.05) is 30.3 Å². The highest BCUT2D eigenvalue weighted by Gasteiger charge is 2.13. The number of ether oxygens (including phenoxy) is 3. The Hall–Kier alpha value is -2.73. The lowest BCUT2D eigenvalue weighted by Crippen LogP contribution is -2.13. The van der Waals surface area contributed by atoms with Crippen molar-refractivity contribution in [1.82, 2.24) is 0 Å². The second-order valence-electron chi connectivity index (χ2n) is 4.63. The molecule has 0 saturated carbocycles. The van der Waals surface area contributed by atoms with Crippen LogP contribution in [0.25, 0.3) is 0 Å². The average Bonchev–Trinajstić information content (AvgIpc) is 2.61. The van der Waals surface area contributed by atoms with Crippen LogP contribution in [0.5, 0.6) is 11.5 Å². The Balaban J connectivity index is 2.11. The minimum Gasteiger partial charge on any atom is -0.493 e. The van der Waals surface area contributed by atoms with Crippen LogP contribution in [0.4, 0.5) is 5.69 Å². The predicted octanol–water partition coefficient (Wildman–Crippen LogP) is 3.35. The van der Waals surface area contributed by atoms with Gasteiger partial charge >= 0.3 is 5.97 Å². The summed E-state index contributed by atoms with van der Waals surface area (Å²) in [5, 5.41) is 4.45. The predicted molar refractivity (Wildman–Crippen MR) is 93.2 cm³/mol. The van der Waals surface area contributed by atoms with Gasteiger partial charge in [0.1, 0.15) is 0 Å². The maximum atomic E-state index is 11.2. The maximum absolute atomic E-state index is 11.2. The number of hydrogen-bond donors (Lipinski definition) is 1. The number of carbonyl (C=O) groups excluding carboxylic acids is 1. The highest BCUT2D eigenvalue weighted by atomic mass is 35.5. The first-order valence-corrected chi connectivity index (χ1v) is 7.43. The van der Waals surface area contributed by atoms with E-state index in [0.29, 0.717) is 16.3 Å². The molecule has 7 heteroatoms. The number of halogens is 1. The zero-order chi connectivity index (χ0) is 17.4. The fourth-order valence-electron chi connectivity index (χ4n) is 1.84. The standard InChI is InChI=1S/C17H17ClN2O4/c1-22-15-9-12(10-19-20-13-6-4-3-5-7-13)8-14(18)17(15)24-11-16(21)23-2/h3-10,20H,11H2,1-2H3/b19-10-. The van der Waals surface area contributed by atoms with E-state index >= 15 is 0 Å². The topological polar surface area (TPSA) is 69.2 Å². The second kappa shape index (κ2) is 8.79. The largest absolute Gasteiger partial charge is 0.493 e. The van der Waals surface area contributed by atoms with Crippen molar-refractivity contribution in [2.75, 3.05) is 26.3 Å². The minimum atomic E-state index is -0.509. The zero-order valence-electron chi connectivity index (χ0n) is 13.3. The summed E-state index contributed by atoms with van der Waals surface area (Å²) in [6.07, 6.45) is 1.60. The molecule has 0 spiro atoms. The lowest BCUT2D eigenvalue weighted by atomic mass is 10.2. The molecule has 0 bridgehead atoms. The molecular formula is C17H17ClN2O4. The smallest absolute Gasteiger partial charge is 0.343 e. The lowest BCUT2D eigenvalue weighted by molar-refractivity contribution is -0.142. The quantitative estimate of drug-likeness (QED) is 0.472.